The van der Waals surface area contributed by atoms with Crippen LogP contribution >= 0.6 is 0 Å². The van der Waals surface area contributed by atoms with Gasteiger partial charge in [-0.1, -0.05) is 0 Å². The minimum absolute atomic E-state index is 0.114. The van der Waals surface area contributed by atoms with Gasteiger partial charge in [-0.3, -0.25) is 0 Å². The second-order valence-corrected chi connectivity index (χ2v) is 40.9. The molecule has 0 bridgehead atoms. The van der Waals surface area contributed by atoms with Gasteiger partial charge in [-0.15, -0.1) is 0 Å². The summed E-state index contributed by atoms with van der Waals surface area (Å²) in [6.07, 6.45) is 0. The summed E-state index contributed by atoms with van der Waals surface area (Å²) in [5.41, 5.74) is 0. The van der Waals surface area contributed by atoms with Crippen LogP contribution in [0.1, 0.15) is 0 Å². The Morgan fingerprint density at radius 3 is 0.788 bits per heavy atom. The molecule has 0 saturated heterocycles. The molecule has 0 amide bonds. The van der Waals surface area contributed by atoms with Crippen LogP contribution in [0, 0.1) is 0 Å². The first-order valence-electron chi connectivity index (χ1n) is 11.6. The van der Waals surface area contributed by atoms with Gasteiger partial charge in [0.25, 0.3) is 0 Å². The van der Waals surface area contributed by atoms with Crippen molar-refractivity contribution in [3.05, 3.63) is 60.7 Å². The molecule has 0 unspecified atom stereocenters. The Hall–Kier alpha value is 1.35. The maximum atomic E-state index is 3.07. The predicted molar refractivity (Wildman–Crippen MR) is 166 cm³/mol. The van der Waals surface area contributed by atoms with Crippen LogP contribution in [0.15, 0.2) is 60.7 Å². The normalized spacial score (nSPS) is 12.5. The van der Waals surface area contributed by atoms with Crippen molar-refractivity contribution in [3.63, 3.8) is 0 Å². The second kappa shape index (κ2) is 14.9. The van der Waals surface area contributed by atoms with Crippen molar-refractivity contribution in [1.29, 1.82) is 0 Å². The Morgan fingerprint density at radius 2 is 0.667 bits per heavy atom. The number of rotatable bonds is 6. The average molecular weight is 803 g/mol. The van der Waals surface area contributed by atoms with E-state index in [1.807, 2.05) is 81.0 Å². The first-order valence-corrected chi connectivity index (χ1v) is 29.6. The average Bonchev–Trinajstić information content (AvgIpc) is 2.59. The fourth-order valence-electron chi connectivity index (χ4n) is 3.55. The first-order chi connectivity index (χ1) is 14.8. The third-order valence-corrected chi connectivity index (χ3v) is 39.1. The number of nitrogens with zero attached hydrogens (tertiary/aromatic N) is 2. The molecule has 0 aliphatic rings. The van der Waals surface area contributed by atoms with Crippen LogP contribution < -0.4 is 7.22 Å². The summed E-state index contributed by atoms with van der Waals surface area (Å²) in [4.78, 5) is 0. The molecule has 184 valence electrons. The SMILES string of the molecule is C[Si](C)(C)[N]([Ge][N]([Si](C)(C)C)[Si](C)(C)C)[Si](C)(C)C.[Te]c1ccccc1.[Te]c1ccccc1. The fraction of sp³-hybridized carbons (Fsp3) is 0.500. The molecule has 4 radical (unpaired) electrons. The van der Waals surface area contributed by atoms with E-state index in [-0.39, 0.29) is 15.9 Å². The van der Waals surface area contributed by atoms with Crippen LogP contribution in [0.5, 0.6) is 0 Å². The second-order valence-electron chi connectivity index (χ2n) is 12.1. The van der Waals surface area contributed by atoms with E-state index in [1.165, 1.54) is 7.22 Å². The molecular weight excluding hydrogens is 756 g/mol. The Bertz CT molecular complexity index is 689. The molecule has 0 spiro atoms. The van der Waals surface area contributed by atoms with Crippen LogP contribution in [0.4, 0.5) is 0 Å². The summed E-state index contributed by atoms with van der Waals surface area (Å²) in [5, 5.41) is 0. The van der Waals surface area contributed by atoms with E-state index in [2.05, 4.69) is 109 Å². The molecule has 0 aliphatic carbocycles. The van der Waals surface area contributed by atoms with Crippen molar-refractivity contribution < 1.29 is 0 Å². The van der Waals surface area contributed by atoms with E-state index in [0.717, 1.165) is 0 Å². The molecule has 0 aliphatic heterocycles. The third kappa shape index (κ3) is 15.9. The van der Waals surface area contributed by atoms with E-state index < -0.39 is 32.9 Å². The molecular formula is C24H46GeN2Si4Te2. The van der Waals surface area contributed by atoms with Gasteiger partial charge in [0, 0.05) is 0 Å². The van der Waals surface area contributed by atoms with Gasteiger partial charge >= 0.3 is 246 Å². The monoisotopic (exact) mass is 808 g/mol. The molecule has 33 heavy (non-hydrogen) atoms. The predicted octanol–water partition coefficient (Wildman–Crippen LogP) is 5.43. The van der Waals surface area contributed by atoms with E-state index >= 15 is 0 Å². The van der Waals surface area contributed by atoms with Gasteiger partial charge in [-0.2, -0.15) is 0 Å². The Labute approximate surface area is 243 Å². The zero-order chi connectivity index (χ0) is 26.1. The molecule has 9 heteroatoms. The van der Waals surface area contributed by atoms with Crippen LogP contribution in [-0.4, -0.2) is 99.8 Å². The van der Waals surface area contributed by atoms with Crippen LogP contribution in [0.2, 0.25) is 78.6 Å². The maximum absolute atomic E-state index is 3.07. The summed E-state index contributed by atoms with van der Waals surface area (Å²) in [6, 6.07) is 20.6. The number of hydrogen-bond acceptors (Lipinski definition) is 2. The fourth-order valence-corrected chi connectivity index (χ4v) is 33.9. The van der Waals surface area contributed by atoms with Crippen molar-refractivity contribution in [2.24, 2.45) is 0 Å². The molecule has 0 heterocycles. The number of benzene rings is 2. The topological polar surface area (TPSA) is 6.48 Å². The van der Waals surface area contributed by atoms with E-state index in [9.17, 15) is 0 Å². The van der Waals surface area contributed by atoms with Gasteiger partial charge < -0.3 is 0 Å². The molecule has 0 saturated carbocycles. The zero-order valence-electron chi connectivity index (χ0n) is 23.0. The van der Waals surface area contributed by atoms with E-state index in [4.69, 9.17) is 0 Å². The van der Waals surface area contributed by atoms with Crippen LogP contribution in [0.3, 0.4) is 0 Å². The Kier molecular flexibility index (Phi) is 15.5. The first kappa shape index (κ1) is 34.3. The molecule has 0 aromatic heterocycles. The van der Waals surface area contributed by atoms with Gasteiger partial charge in [0.05, 0.1) is 0 Å². The summed E-state index contributed by atoms with van der Waals surface area (Å²) < 4.78 is 8.80. The summed E-state index contributed by atoms with van der Waals surface area (Å²) >= 11 is 3.92. The van der Waals surface area contributed by atoms with Crippen molar-refractivity contribution in [2.75, 3.05) is 0 Å². The summed E-state index contributed by atoms with van der Waals surface area (Å²) in [5.74, 6) is 0. The molecule has 2 aromatic rings. The van der Waals surface area contributed by atoms with Crippen LogP contribution in [-0.2, 0) is 0 Å². The number of hydrogen-bond donors (Lipinski definition) is 0. The molecule has 2 aromatic carbocycles. The molecule has 0 N–H and O–H groups in total. The standard InChI is InChI=1S/C12H36GeN2Si4.2C6H5Te/c1-16(2,3)14(17(4,5)6)13-15(18(7,8)9)19(10,11)12;2*7-6-4-2-1-3-5-6/h1-12H3;2*1-5H. The van der Waals surface area contributed by atoms with E-state index in [0.29, 0.717) is 0 Å². The molecule has 2 nitrogen and oxygen atoms in total. The van der Waals surface area contributed by atoms with Crippen LogP contribution in [0.25, 0.3) is 0 Å². The summed E-state index contributed by atoms with van der Waals surface area (Å²) in [7, 11) is -4.76. The molecule has 0 fully saturated rings. The van der Waals surface area contributed by atoms with Crippen molar-refractivity contribution >= 4 is 101 Å². The van der Waals surface area contributed by atoms with Gasteiger partial charge in [-0.05, 0) is 0 Å². The van der Waals surface area contributed by atoms with Gasteiger partial charge in [0.2, 0.25) is 0 Å². The quantitative estimate of drug-likeness (QED) is 0.361. The third-order valence-electron chi connectivity index (χ3n) is 4.37. The van der Waals surface area contributed by atoms with E-state index in [1.54, 1.807) is 0 Å². The Balaban J connectivity index is 0.000000584. The van der Waals surface area contributed by atoms with Gasteiger partial charge in [0.1, 0.15) is 0 Å². The molecule has 0 atom stereocenters. The summed E-state index contributed by atoms with van der Waals surface area (Å²) in [6.45, 7) is 30.5. The van der Waals surface area contributed by atoms with Crippen molar-refractivity contribution in [1.82, 2.24) is 6.38 Å². The minimum atomic E-state index is -1.19. The zero-order valence-corrected chi connectivity index (χ0v) is 33.7. The van der Waals surface area contributed by atoms with Gasteiger partial charge in [0.15, 0.2) is 0 Å². The molecule has 2 rings (SSSR count). The Morgan fingerprint density at radius 1 is 0.455 bits per heavy atom. The van der Waals surface area contributed by atoms with Gasteiger partial charge in [-0.25, -0.2) is 0 Å². The van der Waals surface area contributed by atoms with Crippen molar-refractivity contribution in [3.8, 4) is 0 Å². The van der Waals surface area contributed by atoms with Crippen molar-refractivity contribution in [2.45, 2.75) is 78.6 Å².